The van der Waals surface area contributed by atoms with Gasteiger partial charge in [0.05, 0.1) is 5.56 Å². The normalized spacial score (nSPS) is 10.4. The highest BCUT2D eigenvalue weighted by Gasteiger charge is 2.16. The quantitative estimate of drug-likeness (QED) is 0.618. The van der Waals surface area contributed by atoms with E-state index in [1.54, 1.807) is 27.0 Å². The van der Waals surface area contributed by atoms with Crippen LogP contribution in [0.15, 0.2) is 29.1 Å². The zero-order valence-corrected chi connectivity index (χ0v) is 14.4. The van der Waals surface area contributed by atoms with Gasteiger partial charge < -0.3 is 9.40 Å². The largest absolute Gasteiger partial charge is 0.364 e. The smallest absolute Gasteiger partial charge is 0.338 e. The van der Waals surface area contributed by atoms with Gasteiger partial charge in [0.15, 0.2) is 5.82 Å². The van der Waals surface area contributed by atoms with Crippen molar-refractivity contribution in [2.45, 2.75) is 13.8 Å². The van der Waals surface area contributed by atoms with Crippen LogP contribution in [-0.2, 0) is 11.9 Å². The predicted octanol–water partition coefficient (Wildman–Crippen LogP) is 2.93. The van der Waals surface area contributed by atoms with Gasteiger partial charge in [-0.1, -0.05) is 0 Å². The standard InChI is InChI=1S/C15H14FIN2O3/c1-8-6-11(9(2)19(3)14(8)20)15(21)22-18-13-5-4-10(17)7-12(13)16/h4-7,18H,1-3H3. The molecule has 0 unspecified atom stereocenters. The molecule has 1 N–H and O–H groups in total. The summed E-state index contributed by atoms with van der Waals surface area (Å²) in [4.78, 5) is 28.8. The third-order valence-corrected chi connectivity index (χ3v) is 3.97. The van der Waals surface area contributed by atoms with E-state index < -0.39 is 11.8 Å². The number of nitrogens with one attached hydrogen (secondary N) is 1. The fourth-order valence-electron chi connectivity index (χ4n) is 1.92. The molecular formula is C15H14FIN2O3. The molecule has 0 saturated heterocycles. The second-order valence-corrected chi connectivity index (χ2v) is 6.05. The molecule has 7 heteroatoms. The molecule has 0 bridgehead atoms. The van der Waals surface area contributed by atoms with E-state index in [2.05, 4.69) is 5.48 Å². The van der Waals surface area contributed by atoms with E-state index in [1.807, 2.05) is 22.6 Å². The summed E-state index contributed by atoms with van der Waals surface area (Å²) < 4.78 is 15.8. The molecular weight excluding hydrogens is 402 g/mol. The average Bonchev–Trinajstić information content (AvgIpc) is 2.47. The maximum atomic E-state index is 13.7. The highest BCUT2D eigenvalue weighted by atomic mass is 127. The highest BCUT2D eigenvalue weighted by Crippen LogP contribution is 2.17. The third kappa shape index (κ3) is 3.29. The number of hydrogen-bond acceptors (Lipinski definition) is 4. The van der Waals surface area contributed by atoms with Crippen molar-refractivity contribution < 1.29 is 14.0 Å². The van der Waals surface area contributed by atoms with Crippen LogP contribution in [0.25, 0.3) is 0 Å². The number of carbonyl (C=O) groups is 1. The number of hydrogen-bond donors (Lipinski definition) is 1. The van der Waals surface area contributed by atoms with Crippen molar-refractivity contribution in [2.24, 2.45) is 7.05 Å². The Hall–Kier alpha value is -1.90. The molecule has 22 heavy (non-hydrogen) atoms. The minimum Gasteiger partial charge on any atom is -0.338 e. The summed E-state index contributed by atoms with van der Waals surface area (Å²) in [7, 11) is 1.58. The maximum Gasteiger partial charge on any atom is 0.364 e. The Kier molecular flexibility index (Phi) is 4.84. The Morgan fingerprint density at radius 2 is 2.00 bits per heavy atom. The van der Waals surface area contributed by atoms with Crippen molar-refractivity contribution in [3.8, 4) is 0 Å². The van der Waals surface area contributed by atoms with Gasteiger partial charge >= 0.3 is 5.97 Å². The molecule has 1 aromatic heterocycles. The van der Waals surface area contributed by atoms with E-state index in [4.69, 9.17) is 4.84 Å². The molecule has 1 aromatic carbocycles. The second kappa shape index (κ2) is 6.47. The van der Waals surface area contributed by atoms with Crippen LogP contribution in [0.2, 0.25) is 0 Å². The number of aromatic nitrogens is 1. The number of aryl methyl sites for hydroxylation is 1. The van der Waals surface area contributed by atoms with Crippen molar-refractivity contribution in [2.75, 3.05) is 5.48 Å². The van der Waals surface area contributed by atoms with Crippen LogP contribution in [0.4, 0.5) is 10.1 Å². The third-order valence-electron chi connectivity index (χ3n) is 3.30. The first-order chi connectivity index (χ1) is 10.3. The minimum atomic E-state index is -0.686. The number of carbonyl (C=O) groups excluding carboxylic acids is 1. The number of rotatable bonds is 3. The number of anilines is 1. The van der Waals surface area contributed by atoms with Gasteiger partial charge in [-0.05, 0) is 60.7 Å². The first kappa shape index (κ1) is 16.5. The number of benzene rings is 1. The zero-order valence-electron chi connectivity index (χ0n) is 12.2. The van der Waals surface area contributed by atoms with Gasteiger partial charge in [0.25, 0.3) is 5.56 Å². The summed E-state index contributed by atoms with van der Waals surface area (Å²) in [5.41, 5.74) is 3.35. The number of halogens is 2. The topological polar surface area (TPSA) is 60.3 Å². The molecule has 1 heterocycles. The van der Waals surface area contributed by atoms with Crippen LogP contribution >= 0.6 is 22.6 Å². The summed E-state index contributed by atoms with van der Waals surface area (Å²) in [6, 6.07) is 5.94. The van der Waals surface area contributed by atoms with Crippen molar-refractivity contribution in [1.29, 1.82) is 0 Å². The lowest BCUT2D eigenvalue weighted by molar-refractivity contribution is 0.0593. The highest BCUT2D eigenvalue weighted by molar-refractivity contribution is 14.1. The molecule has 116 valence electrons. The first-order valence-electron chi connectivity index (χ1n) is 6.40. The van der Waals surface area contributed by atoms with Gasteiger partial charge in [0.1, 0.15) is 5.69 Å². The predicted molar refractivity (Wildman–Crippen MR) is 89.3 cm³/mol. The molecule has 0 spiro atoms. The summed E-state index contributed by atoms with van der Waals surface area (Å²) in [6.45, 7) is 3.26. The SMILES string of the molecule is Cc1cc(C(=O)ONc2ccc(I)cc2F)c(C)n(C)c1=O. The molecule has 0 aliphatic rings. The molecule has 0 fully saturated rings. The number of nitrogens with zero attached hydrogens (tertiary/aromatic N) is 1. The Morgan fingerprint density at radius 3 is 2.64 bits per heavy atom. The van der Waals surface area contributed by atoms with Gasteiger partial charge in [0.2, 0.25) is 0 Å². The second-order valence-electron chi connectivity index (χ2n) is 4.81. The maximum absolute atomic E-state index is 13.7. The number of pyridine rings is 1. The molecule has 0 atom stereocenters. The molecule has 0 amide bonds. The molecule has 0 aliphatic heterocycles. The van der Waals surface area contributed by atoms with Gasteiger partial charge in [-0.3, -0.25) is 4.79 Å². The summed E-state index contributed by atoms with van der Waals surface area (Å²) >= 11 is 1.98. The Balaban J connectivity index is 2.21. The Morgan fingerprint density at radius 1 is 1.32 bits per heavy atom. The van der Waals surface area contributed by atoms with Crippen molar-refractivity contribution in [3.05, 3.63) is 60.8 Å². The average molecular weight is 416 g/mol. The summed E-state index contributed by atoms with van der Waals surface area (Å²) in [5.74, 6) is -1.21. The van der Waals surface area contributed by atoms with E-state index in [0.717, 1.165) is 3.57 Å². The lowest BCUT2D eigenvalue weighted by Gasteiger charge is -2.12. The molecule has 0 aliphatic carbocycles. The Labute approximate surface area is 140 Å². The summed E-state index contributed by atoms with van der Waals surface area (Å²) in [6.07, 6.45) is 0. The van der Waals surface area contributed by atoms with Crippen LogP contribution < -0.4 is 11.0 Å². The van der Waals surface area contributed by atoms with Crippen LogP contribution in [0, 0.1) is 23.2 Å². The van der Waals surface area contributed by atoms with E-state index in [9.17, 15) is 14.0 Å². The van der Waals surface area contributed by atoms with E-state index in [0.29, 0.717) is 11.3 Å². The molecule has 0 radical (unpaired) electrons. The monoisotopic (exact) mass is 416 g/mol. The minimum absolute atomic E-state index is 0.0629. The van der Waals surface area contributed by atoms with Gasteiger partial charge in [-0.25, -0.2) is 14.7 Å². The van der Waals surface area contributed by atoms with Crippen LogP contribution in [0.5, 0.6) is 0 Å². The van der Waals surface area contributed by atoms with E-state index >= 15 is 0 Å². The lowest BCUT2D eigenvalue weighted by Crippen LogP contribution is -2.25. The van der Waals surface area contributed by atoms with Crippen molar-refractivity contribution in [1.82, 2.24) is 4.57 Å². The van der Waals surface area contributed by atoms with Gasteiger partial charge in [-0.15, -0.1) is 0 Å². The van der Waals surface area contributed by atoms with Gasteiger partial charge in [-0.2, -0.15) is 0 Å². The van der Waals surface area contributed by atoms with Crippen LogP contribution in [-0.4, -0.2) is 10.5 Å². The van der Waals surface area contributed by atoms with Crippen LogP contribution in [0.3, 0.4) is 0 Å². The first-order valence-corrected chi connectivity index (χ1v) is 7.48. The van der Waals surface area contributed by atoms with Gasteiger partial charge in [0, 0.05) is 21.9 Å². The molecule has 5 nitrogen and oxygen atoms in total. The fourth-order valence-corrected chi connectivity index (χ4v) is 2.37. The zero-order chi connectivity index (χ0) is 16.4. The summed E-state index contributed by atoms with van der Waals surface area (Å²) in [5, 5.41) is 0. The van der Waals surface area contributed by atoms with Crippen molar-refractivity contribution in [3.63, 3.8) is 0 Å². The Bertz CT molecular complexity index is 802. The molecule has 0 saturated carbocycles. The lowest BCUT2D eigenvalue weighted by atomic mass is 10.1. The van der Waals surface area contributed by atoms with E-state index in [1.165, 1.54) is 22.8 Å². The van der Waals surface area contributed by atoms with E-state index in [-0.39, 0.29) is 16.8 Å². The van der Waals surface area contributed by atoms with Crippen LogP contribution in [0.1, 0.15) is 21.6 Å². The van der Waals surface area contributed by atoms with Crippen molar-refractivity contribution >= 4 is 34.2 Å². The molecule has 2 aromatic rings. The fraction of sp³-hybridized carbons (Fsp3) is 0.200. The molecule has 2 rings (SSSR count).